The van der Waals surface area contributed by atoms with Crippen molar-refractivity contribution in [1.29, 1.82) is 0 Å². The van der Waals surface area contributed by atoms with Crippen molar-refractivity contribution < 1.29 is 24.2 Å². The van der Waals surface area contributed by atoms with Crippen LogP contribution in [-0.4, -0.2) is 96.0 Å². The van der Waals surface area contributed by atoms with Gasteiger partial charge in [-0.2, -0.15) is 0 Å². The average Bonchev–Trinajstić information content (AvgIpc) is 3.92. The van der Waals surface area contributed by atoms with Gasteiger partial charge < -0.3 is 24.5 Å². The molecule has 3 aromatic carbocycles. The summed E-state index contributed by atoms with van der Waals surface area (Å²) in [5.41, 5.74) is 3.09. The third kappa shape index (κ3) is 6.17. The molecule has 52 heavy (non-hydrogen) atoms. The summed E-state index contributed by atoms with van der Waals surface area (Å²) in [6.45, 7) is 10.5. The molecule has 3 aliphatic heterocycles. The number of hydrogen-bond acceptors (Lipinski definition) is 8. The average molecular weight is 721 g/mol. The van der Waals surface area contributed by atoms with Crippen LogP contribution in [0, 0.1) is 11.8 Å². The first kappa shape index (κ1) is 35.5. The molecular weight excluding hydrogens is 677 g/mol. The maximum absolute atomic E-state index is 15.2. The predicted molar refractivity (Wildman–Crippen MR) is 202 cm³/mol. The van der Waals surface area contributed by atoms with Gasteiger partial charge in [-0.1, -0.05) is 59.8 Å². The number of ether oxygens (including phenoxy) is 1. The van der Waals surface area contributed by atoms with Crippen LogP contribution < -0.4 is 9.64 Å². The Morgan fingerprint density at radius 1 is 1.04 bits per heavy atom. The maximum Gasteiger partial charge on any atom is 0.248 e. The molecule has 1 aromatic heterocycles. The second-order valence-electron chi connectivity index (χ2n) is 13.6. The van der Waals surface area contributed by atoms with Crippen LogP contribution in [0.4, 0.5) is 5.69 Å². The molecular formula is C40H44N6O5S. The number of aliphatic hydroxyl groups is 1. The van der Waals surface area contributed by atoms with Gasteiger partial charge in [0.25, 0.3) is 0 Å². The summed E-state index contributed by atoms with van der Waals surface area (Å²) in [5, 5.41) is 19.4. The van der Waals surface area contributed by atoms with Crippen molar-refractivity contribution >= 4 is 46.2 Å². The Labute approximate surface area is 307 Å². The number of aromatic nitrogens is 3. The number of para-hydroxylation sites is 1. The quantitative estimate of drug-likeness (QED) is 0.175. The van der Waals surface area contributed by atoms with Gasteiger partial charge in [-0.3, -0.25) is 14.4 Å². The lowest BCUT2D eigenvalue weighted by Crippen LogP contribution is -2.58. The van der Waals surface area contributed by atoms with Crippen LogP contribution in [0.25, 0.3) is 11.0 Å². The second-order valence-corrected chi connectivity index (χ2v) is 15.2. The number of hydrogen-bond donors (Lipinski definition) is 1. The lowest BCUT2D eigenvalue weighted by Gasteiger charge is -2.39. The minimum atomic E-state index is -0.924. The van der Waals surface area contributed by atoms with Crippen molar-refractivity contribution in [1.82, 2.24) is 24.8 Å². The lowest BCUT2D eigenvalue weighted by molar-refractivity contribution is -0.146. The number of carbonyl (C=O) groups is 3. The Bertz CT molecular complexity index is 1950. The van der Waals surface area contributed by atoms with E-state index < -0.39 is 28.7 Å². The Hall–Kier alpha value is -4.94. The van der Waals surface area contributed by atoms with E-state index in [0.717, 1.165) is 11.1 Å². The van der Waals surface area contributed by atoms with Crippen molar-refractivity contribution in [3.8, 4) is 5.75 Å². The van der Waals surface area contributed by atoms with E-state index >= 15 is 9.59 Å². The summed E-state index contributed by atoms with van der Waals surface area (Å²) < 4.78 is 6.44. The standard InChI is InChI=1S/C40H44N6O5S/c1-4-22-43(26-45-32-15-11-10-14-31(32)41-42-45)39(50)36-40-21-20-33(52-40)34(37(48)44(23-5-2)28-16-18-30(19-17-28)51-6-3)35(40)38(49)46(36)29(25-47)24-27-12-8-7-9-13-27/h4-5,7-19,29,33-36,47H,1-2,6,20-26H2,3H3/t29-,33+,34-,35+,36?,40?/m1/s1. The number of aliphatic hydroxyl groups excluding tert-OH is 1. The monoisotopic (exact) mass is 720 g/mol. The Morgan fingerprint density at radius 3 is 2.48 bits per heavy atom. The van der Waals surface area contributed by atoms with Crippen LogP contribution in [0.1, 0.15) is 25.3 Å². The van der Waals surface area contributed by atoms with Crippen LogP contribution in [0.5, 0.6) is 5.75 Å². The molecule has 3 aliphatic rings. The highest BCUT2D eigenvalue weighted by molar-refractivity contribution is 8.02. The summed E-state index contributed by atoms with van der Waals surface area (Å²) in [6.07, 6.45) is 4.98. The van der Waals surface area contributed by atoms with Crippen molar-refractivity contribution in [2.24, 2.45) is 11.8 Å². The number of carbonyl (C=O) groups excluding carboxylic acids is 3. The third-order valence-corrected chi connectivity index (χ3v) is 12.6. The van der Waals surface area contributed by atoms with Gasteiger partial charge in [-0.15, -0.1) is 30.0 Å². The summed E-state index contributed by atoms with van der Waals surface area (Å²) in [6, 6.07) is 22.9. The highest BCUT2D eigenvalue weighted by Crippen LogP contribution is 2.67. The zero-order chi connectivity index (χ0) is 36.4. The van der Waals surface area contributed by atoms with Gasteiger partial charge in [0.15, 0.2) is 0 Å². The number of thioether (sulfide) groups is 1. The van der Waals surface area contributed by atoms with E-state index in [9.17, 15) is 9.90 Å². The molecule has 1 N–H and O–H groups in total. The zero-order valence-corrected chi connectivity index (χ0v) is 30.1. The largest absolute Gasteiger partial charge is 0.494 e. The zero-order valence-electron chi connectivity index (χ0n) is 29.3. The molecule has 3 fully saturated rings. The number of amides is 3. The number of likely N-dealkylation sites (tertiary alicyclic amines) is 1. The molecule has 3 saturated heterocycles. The number of nitrogens with zero attached hydrogens (tertiary/aromatic N) is 6. The van der Waals surface area contributed by atoms with Gasteiger partial charge in [0.2, 0.25) is 17.7 Å². The van der Waals surface area contributed by atoms with E-state index in [0.29, 0.717) is 42.8 Å². The molecule has 270 valence electrons. The van der Waals surface area contributed by atoms with Crippen molar-refractivity contribution in [3.05, 3.63) is 110 Å². The van der Waals surface area contributed by atoms with E-state index in [1.165, 1.54) is 0 Å². The van der Waals surface area contributed by atoms with Crippen LogP contribution in [0.2, 0.25) is 0 Å². The highest BCUT2D eigenvalue weighted by Gasteiger charge is 2.74. The number of rotatable bonds is 15. The molecule has 6 atom stereocenters. The molecule has 11 nitrogen and oxygen atoms in total. The first-order valence-electron chi connectivity index (χ1n) is 17.8. The lowest BCUT2D eigenvalue weighted by atomic mass is 9.70. The van der Waals surface area contributed by atoms with Gasteiger partial charge in [-0.25, -0.2) is 4.68 Å². The fraction of sp³-hybridized carbons (Fsp3) is 0.375. The van der Waals surface area contributed by atoms with Gasteiger partial charge in [0.05, 0.1) is 41.4 Å². The molecule has 3 amide bonds. The van der Waals surface area contributed by atoms with Crippen LogP contribution in [-0.2, 0) is 27.5 Å². The first-order chi connectivity index (χ1) is 25.3. The van der Waals surface area contributed by atoms with Gasteiger partial charge in [0, 0.05) is 24.0 Å². The minimum absolute atomic E-state index is 0.0917. The fourth-order valence-electron chi connectivity index (χ4n) is 8.43. The Balaban J connectivity index is 1.28. The third-order valence-electron chi connectivity index (χ3n) is 10.6. The molecule has 2 unspecified atom stereocenters. The Kier molecular flexibility index (Phi) is 10.2. The summed E-state index contributed by atoms with van der Waals surface area (Å²) in [5.74, 6) is -1.42. The summed E-state index contributed by atoms with van der Waals surface area (Å²) in [4.78, 5) is 50.0. The number of benzene rings is 3. The van der Waals surface area contributed by atoms with Crippen LogP contribution in [0.15, 0.2) is 104 Å². The molecule has 7 rings (SSSR count). The normalized spacial score (nSPS) is 23.7. The van der Waals surface area contributed by atoms with Crippen molar-refractivity contribution in [2.75, 3.05) is 31.2 Å². The minimum Gasteiger partial charge on any atom is -0.494 e. The van der Waals surface area contributed by atoms with E-state index in [1.807, 2.05) is 85.8 Å². The van der Waals surface area contributed by atoms with Crippen molar-refractivity contribution in [2.45, 2.75) is 54.9 Å². The SMILES string of the molecule is C=CCN(Cn1nnc2ccccc21)C(=O)C1N([C@@H](CO)Cc2ccccc2)C(=O)[C@@H]2[C@H](C(=O)N(CC=C)c3ccc(OCC)cc3)[C@@H]3CCC12S3. The number of fused-ring (bicyclic) bond motifs is 2. The molecule has 2 bridgehead atoms. The number of anilines is 1. The molecule has 4 heterocycles. The van der Waals surface area contributed by atoms with Crippen molar-refractivity contribution in [3.63, 3.8) is 0 Å². The van der Waals surface area contributed by atoms with E-state index in [2.05, 4.69) is 23.5 Å². The molecule has 4 aromatic rings. The molecule has 0 aliphatic carbocycles. The van der Waals surface area contributed by atoms with E-state index in [4.69, 9.17) is 4.74 Å². The summed E-state index contributed by atoms with van der Waals surface area (Å²) in [7, 11) is 0. The predicted octanol–water partition coefficient (Wildman–Crippen LogP) is 4.72. The topological polar surface area (TPSA) is 121 Å². The van der Waals surface area contributed by atoms with Gasteiger partial charge in [-0.05, 0) is 68.1 Å². The molecule has 0 saturated carbocycles. The van der Waals surface area contributed by atoms with Crippen LogP contribution >= 0.6 is 11.8 Å². The first-order valence-corrected chi connectivity index (χ1v) is 18.7. The molecule has 1 spiro atoms. The van der Waals surface area contributed by atoms with E-state index in [1.54, 1.807) is 43.3 Å². The Morgan fingerprint density at radius 2 is 1.77 bits per heavy atom. The fourth-order valence-corrected chi connectivity index (χ4v) is 10.6. The molecule has 0 radical (unpaired) electrons. The van der Waals surface area contributed by atoms with Gasteiger partial charge >= 0.3 is 0 Å². The van der Waals surface area contributed by atoms with Crippen LogP contribution in [0.3, 0.4) is 0 Å². The maximum atomic E-state index is 15.2. The smallest absolute Gasteiger partial charge is 0.248 e. The highest BCUT2D eigenvalue weighted by atomic mass is 32.2. The summed E-state index contributed by atoms with van der Waals surface area (Å²) >= 11 is 1.60. The second kappa shape index (κ2) is 15.0. The molecule has 12 heteroatoms. The van der Waals surface area contributed by atoms with E-state index in [-0.39, 0.29) is 49.3 Å². The van der Waals surface area contributed by atoms with Gasteiger partial charge in [0.1, 0.15) is 24.0 Å².